The molecule has 1 unspecified atom stereocenters. The molecule has 1 aromatic heterocycles. The zero-order valence-corrected chi connectivity index (χ0v) is 10.3. The van der Waals surface area contributed by atoms with Crippen LogP contribution in [0.1, 0.15) is 30.8 Å². The number of carbonyl (C=O) groups excluding carboxylic acids is 1. The summed E-state index contributed by atoms with van der Waals surface area (Å²) in [5.74, 6) is -1.07. The number of rotatable bonds is 5. The highest BCUT2D eigenvalue weighted by Crippen LogP contribution is 2.08. The second kappa shape index (κ2) is 5.52. The number of carbonyl (C=O) groups is 2. The van der Waals surface area contributed by atoms with Crippen LogP contribution in [0.15, 0.2) is 18.3 Å². The number of hydrogen-bond acceptors (Lipinski definition) is 2. The van der Waals surface area contributed by atoms with E-state index in [1.165, 1.54) is 0 Å². The van der Waals surface area contributed by atoms with Crippen LogP contribution in [0.25, 0.3) is 0 Å². The Labute approximate surface area is 100 Å². The summed E-state index contributed by atoms with van der Waals surface area (Å²) < 4.78 is 1.70. The van der Waals surface area contributed by atoms with Crippen molar-refractivity contribution >= 4 is 11.9 Å². The number of nitrogens with one attached hydrogen (secondary N) is 1. The summed E-state index contributed by atoms with van der Waals surface area (Å²) in [5.41, 5.74) is 0.529. The van der Waals surface area contributed by atoms with Gasteiger partial charge in [-0.2, -0.15) is 0 Å². The van der Waals surface area contributed by atoms with E-state index < -0.39 is 5.97 Å². The number of aryl methyl sites for hydroxylation is 1. The molecule has 1 amide bonds. The van der Waals surface area contributed by atoms with Crippen molar-refractivity contribution in [3.05, 3.63) is 24.0 Å². The van der Waals surface area contributed by atoms with Crippen molar-refractivity contribution in [2.75, 3.05) is 0 Å². The molecule has 2 N–H and O–H groups in total. The molecule has 1 heterocycles. The van der Waals surface area contributed by atoms with Gasteiger partial charge in [0.25, 0.3) is 5.91 Å². The number of aliphatic carboxylic acids is 1. The molecule has 1 rings (SSSR count). The molecule has 0 aliphatic heterocycles. The molecule has 94 valence electrons. The lowest BCUT2D eigenvalue weighted by molar-refractivity contribution is -0.137. The Balaban J connectivity index is 2.71. The average Bonchev–Trinajstić information content (AvgIpc) is 2.62. The normalized spacial score (nSPS) is 12.5. The molecule has 0 bridgehead atoms. The van der Waals surface area contributed by atoms with E-state index in [0.717, 1.165) is 0 Å². The van der Waals surface area contributed by atoms with Gasteiger partial charge < -0.3 is 15.0 Å². The lowest BCUT2D eigenvalue weighted by atomic mass is 10.0. The number of hydrogen-bond donors (Lipinski definition) is 2. The van der Waals surface area contributed by atoms with Crippen molar-refractivity contribution in [1.82, 2.24) is 9.88 Å². The van der Waals surface area contributed by atoms with E-state index >= 15 is 0 Å². The highest BCUT2D eigenvalue weighted by atomic mass is 16.4. The number of aromatic nitrogens is 1. The largest absolute Gasteiger partial charge is 0.481 e. The predicted octanol–water partition coefficient (Wildman–Crippen LogP) is 1.25. The highest BCUT2D eigenvalue weighted by Gasteiger charge is 2.20. The van der Waals surface area contributed by atoms with Crippen LogP contribution >= 0.6 is 0 Å². The standard InChI is InChI=1S/C12H18N2O3/c1-8(2)9(7-11(15)16)13-12(17)10-5-4-6-14(10)3/h4-6,8-9H,7H2,1-3H3,(H,13,17)(H,15,16). The van der Waals surface area contributed by atoms with Gasteiger partial charge in [-0.05, 0) is 18.1 Å². The van der Waals surface area contributed by atoms with Gasteiger partial charge in [-0.25, -0.2) is 0 Å². The molecule has 5 nitrogen and oxygen atoms in total. The van der Waals surface area contributed by atoms with Crippen molar-refractivity contribution in [3.63, 3.8) is 0 Å². The van der Waals surface area contributed by atoms with Gasteiger partial charge in [-0.1, -0.05) is 13.8 Å². The molecule has 0 saturated heterocycles. The minimum Gasteiger partial charge on any atom is -0.481 e. The van der Waals surface area contributed by atoms with Crippen LogP contribution in [0.2, 0.25) is 0 Å². The lowest BCUT2D eigenvalue weighted by Crippen LogP contribution is -2.40. The highest BCUT2D eigenvalue weighted by molar-refractivity contribution is 5.93. The molecule has 0 spiro atoms. The summed E-state index contributed by atoms with van der Waals surface area (Å²) in [7, 11) is 1.77. The smallest absolute Gasteiger partial charge is 0.305 e. The number of carboxylic acids is 1. The number of amides is 1. The molecule has 17 heavy (non-hydrogen) atoms. The zero-order valence-electron chi connectivity index (χ0n) is 10.3. The number of carboxylic acid groups (broad SMARTS) is 1. The van der Waals surface area contributed by atoms with Gasteiger partial charge in [0.05, 0.1) is 6.42 Å². The summed E-state index contributed by atoms with van der Waals surface area (Å²) in [6.45, 7) is 3.78. The van der Waals surface area contributed by atoms with Gasteiger partial charge in [0.15, 0.2) is 0 Å². The Bertz CT molecular complexity index is 410. The molecule has 0 radical (unpaired) electrons. The molecule has 0 aliphatic carbocycles. The van der Waals surface area contributed by atoms with Gasteiger partial charge in [0.1, 0.15) is 5.69 Å². The molecule has 0 aromatic carbocycles. The summed E-state index contributed by atoms with van der Waals surface area (Å²) in [6.07, 6.45) is 1.71. The van der Waals surface area contributed by atoms with E-state index in [1.807, 2.05) is 13.8 Å². The van der Waals surface area contributed by atoms with Crippen molar-refractivity contribution < 1.29 is 14.7 Å². The molecule has 1 aromatic rings. The van der Waals surface area contributed by atoms with E-state index in [-0.39, 0.29) is 24.3 Å². The van der Waals surface area contributed by atoms with Gasteiger partial charge in [-0.3, -0.25) is 9.59 Å². The third-order valence-electron chi connectivity index (χ3n) is 2.69. The second-order valence-electron chi connectivity index (χ2n) is 4.43. The van der Waals surface area contributed by atoms with Gasteiger partial charge in [0.2, 0.25) is 0 Å². The van der Waals surface area contributed by atoms with Crippen LogP contribution in [0, 0.1) is 5.92 Å². The van der Waals surface area contributed by atoms with Crippen molar-refractivity contribution in [3.8, 4) is 0 Å². The third kappa shape index (κ3) is 3.62. The molecule has 1 atom stereocenters. The molecular formula is C12H18N2O3. The first-order valence-corrected chi connectivity index (χ1v) is 5.55. The number of nitrogens with zero attached hydrogens (tertiary/aromatic N) is 1. The average molecular weight is 238 g/mol. The third-order valence-corrected chi connectivity index (χ3v) is 2.69. The van der Waals surface area contributed by atoms with Crippen LogP contribution in [0.4, 0.5) is 0 Å². The SMILES string of the molecule is CC(C)C(CC(=O)O)NC(=O)c1cccn1C. The van der Waals surface area contributed by atoms with E-state index in [2.05, 4.69) is 5.32 Å². The van der Waals surface area contributed by atoms with E-state index in [4.69, 9.17) is 5.11 Å². The monoisotopic (exact) mass is 238 g/mol. The molecule has 5 heteroatoms. The second-order valence-corrected chi connectivity index (χ2v) is 4.43. The Morgan fingerprint density at radius 2 is 2.12 bits per heavy atom. The van der Waals surface area contributed by atoms with Crippen molar-refractivity contribution in [2.24, 2.45) is 13.0 Å². The fourth-order valence-corrected chi connectivity index (χ4v) is 1.58. The van der Waals surface area contributed by atoms with Gasteiger partial charge >= 0.3 is 5.97 Å². The Morgan fingerprint density at radius 1 is 1.47 bits per heavy atom. The maximum absolute atomic E-state index is 11.9. The first kappa shape index (κ1) is 13.3. The maximum Gasteiger partial charge on any atom is 0.305 e. The summed E-state index contributed by atoms with van der Waals surface area (Å²) >= 11 is 0. The molecule has 0 aliphatic rings. The Hall–Kier alpha value is -1.78. The fourth-order valence-electron chi connectivity index (χ4n) is 1.58. The quantitative estimate of drug-likeness (QED) is 0.811. The minimum atomic E-state index is -0.907. The summed E-state index contributed by atoms with van der Waals surface area (Å²) in [5, 5.41) is 11.5. The Morgan fingerprint density at radius 3 is 2.53 bits per heavy atom. The molecule has 0 fully saturated rings. The van der Waals surface area contributed by atoms with E-state index in [1.54, 1.807) is 29.9 Å². The van der Waals surface area contributed by atoms with E-state index in [9.17, 15) is 9.59 Å². The van der Waals surface area contributed by atoms with E-state index in [0.29, 0.717) is 5.69 Å². The van der Waals surface area contributed by atoms with Gasteiger partial charge in [-0.15, -0.1) is 0 Å². The van der Waals surface area contributed by atoms with Crippen LogP contribution in [-0.4, -0.2) is 27.6 Å². The van der Waals surface area contributed by atoms with Crippen LogP contribution in [0.3, 0.4) is 0 Å². The van der Waals surface area contributed by atoms with Crippen molar-refractivity contribution in [1.29, 1.82) is 0 Å². The molecular weight excluding hydrogens is 220 g/mol. The fraction of sp³-hybridized carbons (Fsp3) is 0.500. The molecule has 0 saturated carbocycles. The van der Waals surface area contributed by atoms with Crippen LogP contribution < -0.4 is 5.32 Å². The maximum atomic E-state index is 11.9. The predicted molar refractivity (Wildman–Crippen MR) is 63.8 cm³/mol. The topological polar surface area (TPSA) is 71.3 Å². The Kier molecular flexibility index (Phi) is 4.31. The zero-order chi connectivity index (χ0) is 13.0. The first-order chi connectivity index (χ1) is 7.91. The summed E-state index contributed by atoms with van der Waals surface area (Å²) in [4.78, 5) is 22.6. The minimum absolute atomic E-state index is 0.0617. The van der Waals surface area contributed by atoms with Crippen LogP contribution in [-0.2, 0) is 11.8 Å². The van der Waals surface area contributed by atoms with Crippen LogP contribution in [0.5, 0.6) is 0 Å². The summed E-state index contributed by atoms with van der Waals surface area (Å²) in [6, 6.07) is 3.12. The van der Waals surface area contributed by atoms with Crippen molar-refractivity contribution in [2.45, 2.75) is 26.3 Å². The lowest BCUT2D eigenvalue weighted by Gasteiger charge is -2.20. The van der Waals surface area contributed by atoms with Gasteiger partial charge in [0, 0.05) is 19.3 Å². The first-order valence-electron chi connectivity index (χ1n) is 5.55.